The summed E-state index contributed by atoms with van der Waals surface area (Å²) in [6, 6.07) is 18.6. The fourth-order valence-electron chi connectivity index (χ4n) is 1.75. The van der Waals surface area contributed by atoms with Crippen molar-refractivity contribution in [3.8, 4) is 0 Å². The van der Waals surface area contributed by atoms with Gasteiger partial charge in [0.2, 0.25) is 0 Å². The summed E-state index contributed by atoms with van der Waals surface area (Å²) in [6.07, 6.45) is 0. The van der Waals surface area contributed by atoms with Crippen molar-refractivity contribution in [2.24, 2.45) is 0 Å². The molecule has 0 N–H and O–H groups in total. The molecule has 0 bridgehead atoms. The Hall–Kier alpha value is -2.08. The number of rotatable bonds is 0. The minimum Gasteiger partial charge on any atom is -0.0917 e. The van der Waals surface area contributed by atoms with Gasteiger partial charge < -0.3 is 0 Å². The minimum atomic E-state index is 1.00. The maximum atomic E-state index is 4.09. The van der Waals surface area contributed by atoms with Crippen molar-refractivity contribution >= 4 is 23.9 Å². The highest BCUT2D eigenvalue weighted by molar-refractivity contribution is 5.81. The van der Waals surface area contributed by atoms with Crippen molar-refractivity contribution in [2.75, 3.05) is 0 Å². The van der Waals surface area contributed by atoms with E-state index in [0.29, 0.717) is 0 Å². The lowest BCUT2D eigenvalue weighted by Gasteiger charge is -1.94. The van der Waals surface area contributed by atoms with Gasteiger partial charge in [-0.1, -0.05) is 55.6 Å². The molecule has 0 radical (unpaired) electrons. The third kappa shape index (κ3) is 2.73. The molecule has 0 aromatic heterocycles. The summed E-state index contributed by atoms with van der Waals surface area (Å²) in [5.41, 5.74) is 1.17. The highest BCUT2D eigenvalue weighted by atomic mass is 13.9. The summed E-state index contributed by atoms with van der Waals surface area (Å²) in [5.74, 6) is 0. The second kappa shape index (κ2) is 4.84. The van der Waals surface area contributed by atoms with Crippen molar-refractivity contribution < 1.29 is 0 Å². The molecule has 84 valence electrons. The zero-order valence-corrected chi connectivity index (χ0v) is 10.1. The van der Waals surface area contributed by atoms with Gasteiger partial charge in [-0.05, 0) is 45.8 Å². The SMILES string of the molecule is C=c1cccc(C)c(=C)cc2ccccc2c1. The van der Waals surface area contributed by atoms with Crippen molar-refractivity contribution in [1.82, 2.24) is 0 Å². The molecule has 0 unspecified atom stereocenters. The first-order valence-electron chi connectivity index (χ1n) is 5.68. The second-order valence-corrected chi connectivity index (χ2v) is 4.23. The minimum absolute atomic E-state index is 1.00. The first-order chi connectivity index (χ1) is 8.16. The first kappa shape index (κ1) is 11.4. The predicted octanol–water partition coefficient (Wildman–Crippen LogP) is 3.09. The summed E-state index contributed by atoms with van der Waals surface area (Å²) >= 11 is 0. The van der Waals surface area contributed by atoms with Gasteiger partial charge in [0, 0.05) is 0 Å². The van der Waals surface area contributed by atoms with Gasteiger partial charge in [-0.2, -0.15) is 0 Å². The third-order valence-electron chi connectivity index (χ3n) is 2.83. The Bertz CT molecular complexity index is 695. The molecule has 0 fully saturated rings. The molecule has 0 aliphatic rings. The van der Waals surface area contributed by atoms with Gasteiger partial charge in [-0.25, -0.2) is 0 Å². The zero-order chi connectivity index (χ0) is 12.3. The van der Waals surface area contributed by atoms with Crippen molar-refractivity contribution in [1.29, 1.82) is 0 Å². The van der Waals surface area contributed by atoms with Gasteiger partial charge in [-0.3, -0.25) is 0 Å². The van der Waals surface area contributed by atoms with Crippen LogP contribution in [0.15, 0.2) is 54.6 Å². The third-order valence-corrected chi connectivity index (χ3v) is 2.83. The Morgan fingerprint density at radius 2 is 1.41 bits per heavy atom. The van der Waals surface area contributed by atoms with E-state index in [1.54, 1.807) is 0 Å². The Kier molecular flexibility index (Phi) is 3.24. The zero-order valence-electron chi connectivity index (χ0n) is 10.1. The monoisotopic (exact) mass is 220 g/mol. The van der Waals surface area contributed by atoms with E-state index in [2.05, 4.69) is 50.4 Å². The number of benzene rings is 1. The smallest absolute Gasteiger partial charge is 0.0178 e. The molecule has 0 aliphatic carbocycles. The maximum Gasteiger partial charge on any atom is -0.0178 e. The average Bonchev–Trinajstić information content (AvgIpc) is 2.30. The van der Waals surface area contributed by atoms with Crippen LogP contribution in [-0.2, 0) is 0 Å². The predicted molar refractivity (Wildman–Crippen MR) is 76.6 cm³/mol. The van der Waals surface area contributed by atoms with Gasteiger partial charge >= 0.3 is 0 Å². The van der Waals surface area contributed by atoms with E-state index in [1.165, 1.54) is 16.3 Å². The quantitative estimate of drug-likeness (QED) is 0.640. The molecule has 0 saturated carbocycles. The number of hydrogen-bond donors (Lipinski definition) is 0. The molecule has 0 spiro atoms. The Morgan fingerprint density at radius 3 is 2.12 bits per heavy atom. The molecular formula is C17H16. The molecular weight excluding hydrogens is 204 g/mol. The Balaban J connectivity index is 3.02. The van der Waals surface area contributed by atoms with Crippen LogP contribution in [0.5, 0.6) is 0 Å². The standard InChI is InChI=1S/C17H16/c1-13-7-6-8-14(2)15(3)12-17-10-5-4-9-16(17)11-13/h4-12H,1,3H2,2H3. The molecule has 0 heteroatoms. The van der Waals surface area contributed by atoms with Crippen molar-refractivity contribution in [3.05, 3.63) is 70.6 Å². The van der Waals surface area contributed by atoms with Crippen LogP contribution in [0.2, 0.25) is 0 Å². The average molecular weight is 220 g/mol. The summed E-state index contributed by atoms with van der Waals surface area (Å²) in [4.78, 5) is 0. The molecule has 0 saturated heterocycles. The van der Waals surface area contributed by atoms with Crippen molar-refractivity contribution in [3.63, 3.8) is 0 Å². The Labute approximate surface area is 102 Å². The van der Waals surface area contributed by atoms with Gasteiger partial charge in [0.1, 0.15) is 0 Å². The number of hydrogen-bond acceptors (Lipinski definition) is 0. The van der Waals surface area contributed by atoms with Crippen molar-refractivity contribution in [2.45, 2.75) is 6.92 Å². The van der Waals surface area contributed by atoms with Crippen LogP contribution in [0.3, 0.4) is 0 Å². The van der Waals surface area contributed by atoms with Crippen LogP contribution in [0, 0.1) is 6.92 Å². The lowest BCUT2D eigenvalue weighted by molar-refractivity contribution is 1.45. The van der Waals surface area contributed by atoms with Gasteiger partial charge in [0.25, 0.3) is 0 Å². The van der Waals surface area contributed by atoms with E-state index in [4.69, 9.17) is 0 Å². The molecule has 0 amide bonds. The second-order valence-electron chi connectivity index (χ2n) is 4.23. The van der Waals surface area contributed by atoms with Crippen LogP contribution in [0.4, 0.5) is 0 Å². The molecule has 0 heterocycles. The molecule has 2 aromatic carbocycles. The van der Waals surface area contributed by atoms with Crippen LogP contribution < -0.4 is 10.4 Å². The normalized spacial score (nSPS) is 9.94. The molecule has 2 aromatic rings. The lowest BCUT2D eigenvalue weighted by Crippen LogP contribution is -1.99. The number of fused-ring (bicyclic) bond motifs is 1. The van der Waals surface area contributed by atoms with Gasteiger partial charge in [0.05, 0.1) is 0 Å². The molecule has 17 heavy (non-hydrogen) atoms. The van der Waals surface area contributed by atoms with Crippen LogP contribution >= 0.6 is 0 Å². The van der Waals surface area contributed by atoms with E-state index in [0.717, 1.165) is 10.4 Å². The fourth-order valence-corrected chi connectivity index (χ4v) is 1.75. The summed E-state index contributed by atoms with van der Waals surface area (Å²) in [6.45, 7) is 10.2. The van der Waals surface area contributed by atoms with E-state index < -0.39 is 0 Å². The van der Waals surface area contributed by atoms with E-state index in [9.17, 15) is 0 Å². The van der Waals surface area contributed by atoms with Gasteiger partial charge in [0.15, 0.2) is 0 Å². The summed E-state index contributed by atoms with van der Waals surface area (Å²) in [5, 5.41) is 4.41. The first-order valence-corrected chi connectivity index (χ1v) is 5.68. The molecule has 2 rings (SSSR count). The van der Waals surface area contributed by atoms with Gasteiger partial charge in [-0.15, -0.1) is 0 Å². The highest BCUT2D eigenvalue weighted by Gasteiger charge is 1.87. The van der Waals surface area contributed by atoms with Crippen LogP contribution in [0.1, 0.15) is 5.56 Å². The van der Waals surface area contributed by atoms with Crippen LogP contribution in [-0.4, -0.2) is 0 Å². The molecule has 0 nitrogen and oxygen atoms in total. The largest absolute Gasteiger partial charge is 0.0917 e. The molecule has 0 aliphatic heterocycles. The van der Waals surface area contributed by atoms with Crippen LogP contribution in [0.25, 0.3) is 23.9 Å². The summed E-state index contributed by atoms with van der Waals surface area (Å²) in [7, 11) is 0. The molecule has 0 atom stereocenters. The van der Waals surface area contributed by atoms with E-state index in [1.807, 2.05) is 24.3 Å². The summed E-state index contributed by atoms with van der Waals surface area (Å²) < 4.78 is 0. The maximum absolute atomic E-state index is 4.09. The topological polar surface area (TPSA) is 0 Å². The Morgan fingerprint density at radius 1 is 0.765 bits per heavy atom. The van der Waals surface area contributed by atoms with E-state index >= 15 is 0 Å². The fraction of sp³-hybridized carbons (Fsp3) is 0.0588. The van der Waals surface area contributed by atoms with E-state index in [-0.39, 0.29) is 0 Å². The number of aryl methyl sites for hydroxylation is 1. The highest BCUT2D eigenvalue weighted by Crippen LogP contribution is 2.07. The lowest BCUT2D eigenvalue weighted by atomic mass is 10.1.